The molecule has 3 amide bonds. The van der Waals surface area contributed by atoms with Crippen LogP contribution in [0, 0.1) is 11.7 Å². The lowest BCUT2D eigenvalue weighted by Crippen LogP contribution is -2.58. The van der Waals surface area contributed by atoms with Gasteiger partial charge in [-0.25, -0.2) is 18.2 Å². The van der Waals surface area contributed by atoms with E-state index < -0.39 is 47.3 Å². The average molecular weight is 688 g/mol. The number of amides is 3. The Morgan fingerprint density at radius 1 is 1.14 bits per heavy atom. The van der Waals surface area contributed by atoms with Crippen LogP contribution >= 0.6 is 0 Å². The topological polar surface area (TPSA) is 150 Å². The van der Waals surface area contributed by atoms with Gasteiger partial charge in [-0.15, -0.1) is 0 Å². The zero-order valence-corrected chi connectivity index (χ0v) is 28.4. The molecule has 1 aliphatic carbocycles. The minimum atomic E-state index is -2.82. The number of methoxy groups -OCH3 is 1. The lowest BCUT2D eigenvalue weighted by molar-refractivity contribution is -0.140. The Kier molecular flexibility index (Phi) is 11.1. The Labute approximate surface area is 283 Å². The van der Waals surface area contributed by atoms with Crippen molar-refractivity contribution in [1.29, 1.82) is 0 Å². The van der Waals surface area contributed by atoms with Crippen LogP contribution in [0.2, 0.25) is 0 Å². The predicted molar refractivity (Wildman–Crippen MR) is 174 cm³/mol. The van der Waals surface area contributed by atoms with Gasteiger partial charge >= 0.3 is 0 Å². The molecule has 0 radical (unpaired) electrons. The molecular formula is C33H44F3N9O4. The molecule has 2 aliphatic rings. The van der Waals surface area contributed by atoms with Crippen LogP contribution in [0.1, 0.15) is 62.8 Å². The summed E-state index contributed by atoms with van der Waals surface area (Å²) >= 11 is 0. The van der Waals surface area contributed by atoms with Gasteiger partial charge in [0.25, 0.3) is 0 Å². The van der Waals surface area contributed by atoms with Crippen LogP contribution in [0.25, 0.3) is 11.5 Å². The molecule has 16 heteroatoms. The minimum absolute atomic E-state index is 0.0715. The van der Waals surface area contributed by atoms with Crippen molar-refractivity contribution in [3.63, 3.8) is 0 Å². The second-order valence-corrected chi connectivity index (χ2v) is 13.2. The number of rotatable bonds is 11. The standard InChI is InChI=1S/C33H44F3N9O4/c1-19-17-45(15-14-43(19)3)32(48)28(39-26(46)18-49-5)20(2)22-6-7-24(23(34)16-22)38-31(47)27(21-8-11-33(35,36)12-9-21)30-40-29(41-42-30)25-10-13-37-44(25)4/h6-7,10,13,16,19-21,27-28H,8-9,11-12,14-15,17-18H2,1-5H3,(H,38,47)(H,39,46)(H,40,41,42)/t19-,20+,27-,28-/m1/s1. The van der Waals surface area contributed by atoms with Gasteiger partial charge in [-0.3, -0.25) is 24.2 Å². The van der Waals surface area contributed by atoms with E-state index in [1.165, 1.54) is 19.2 Å². The van der Waals surface area contributed by atoms with Crippen LogP contribution < -0.4 is 10.6 Å². The molecule has 0 bridgehead atoms. The van der Waals surface area contributed by atoms with E-state index in [2.05, 4.69) is 35.8 Å². The van der Waals surface area contributed by atoms with Gasteiger partial charge in [0, 0.05) is 64.8 Å². The lowest BCUT2D eigenvalue weighted by atomic mass is 9.77. The van der Waals surface area contributed by atoms with E-state index in [0.29, 0.717) is 30.9 Å². The van der Waals surface area contributed by atoms with E-state index in [1.807, 2.05) is 14.0 Å². The Morgan fingerprint density at radius 2 is 1.88 bits per heavy atom. The number of aryl methyl sites for hydroxylation is 1. The van der Waals surface area contributed by atoms with Gasteiger partial charge in [-0.2, -0.15) is 10.2 Å². The summed E-state index contributed by atoms with van der Waals surface area (Å²) in [6.07, 6.45) is 0.965. The second kappa shape index (κ2) is 15.1. The number of H-pyrrole nitrogens is 1. The first kappa shape index (κ1) is 36.0. The van der Waals surface area contributed by atoms with Crippen LogP contribution in [0.3, 0.4) is 0 Å². The van der Waals surface area contributed by atoms with Crippen molar-refractivity contribution in [3.8, 4) is 11.5 Å². The normalized spacial score (nSPS) is 20.4. The number of piperazine rings is 1. The maximum absolute atomic E-state index is 15.7. The van der Waals surface area contributed by atoms with E-state index in [4.69, 9.17) is 4.74 Å². The number of ether oxygens (including phenoxy) is 1. The predicted octanol–water partition coefficient (Wildman–Crippen LogP) is 3.29. The highest BCUT2D eigenvalue weighted by Crippen LogP contribution is 2.42. The number of alkyl halides is 2. The Hall–Kier alpha value is -4.31. The first-order chi connectivity index (χ1) is 23.3. The van der Waals surface area contributed by atoms with Crippen molar-refractivity contribution in [1.82, 2.24) is 40.1 Å². The number of likely N-dealkylation sites (N-methyl/N-ethyl adjacent to an activating group) is 1. The smallest absolute Gasteiger partial charge is 0.248 e. The summed E-state index contributed by atoms with van der Waals surface area (Å²) in [7, 11) is 5.07. The molecule has 1 aromatic carbocycles. The molecule has 3 aromatic rings. The minimum Gasteiger partial charge on any atom is -0.375 e. The molecule has 3 N–H and O–H groups in total. The van der Waals surface area contributed by atoms with Crippen LogP contribution in [0.5, 0.6) is 0 Å². The third kappa shape index (κ3) is 8.29. The molecule has 1 saturated carbocycles. The number of hydrogen-bond acceptors (Lipinski definition) is 8. The highest BCUT2D eigenvalue weighted by Gasteiger charge is 2.42. The second-order valence-electron chi connectivity index (χ2n) is 13.2. The summed E-state index contributed by atoms with van der Waals surface area (Å²) in [5, 5.41) is 16.5. The van der Waals surface area contributed by atoms with E-state index in [0.717, 1.165) is 0 Å². The van der Waals surface area contributed by atoms with Crippen molar-refractivity contribution in [2.24, 2.45) is 13.0 Å². The first-order valence-corrected chi connectivity index (χ1v) is 16.4. The fraction of sp³-hybridized carbons (Fsp3) is 0.576. The van der Waals surface area contributed by atoms with Gasteiger partial charge < -0.3 is 25.2 Å². The van der Waals surface area contributed by atoms with Crippen molar-refractivity contribution in [2.75, 3.05) is 45.7 Å². The van der Waals surface area contributed by atoms with E-state index >= 15 is 4.39 Å². The number of carbonyl (C=O) groups is 3. The maximum Gasteiger partial charge on any atom is 0.248 e. The zero-order valence-electron chi connectivity index (χ0n) is 28.4. The molecule has 13 nitrogen and oxygen atoms in total. The summed E-state index contributed by atoms with van der Waals surface area (Å²) in [4.78, 5) is 48.5. The van der Waals surface area contributed by atoms with Crippen LogP contribution in [0.4, 0.5) is 18.9 Å². The van der Waals surface area contributed by atoms with Crippen LogP contribution in [-0.2, 0) is 26.2 Å². The van der Waals surface area contributed by atoms with Crippen molar-refractivity contribution >= 4 is 23.4 Å². The largest absolute Gasteiger partial charge is 0.375 e. The third-order valence-electron chi connectivity index (χ3n) is 9.77. The summed E-state index contributed by atoms with van der Waals surface area (Å²) in [5.41, 5.74) is 0.887. The van der Waals surface area contributed by atoms with Crippen LogP contribution in [-0.4, -0.2) is 111 Å². The zero-order chi connectivity index (χ0) is 35.5. The van der Waals surface area contributed by atoms with Gasteiger partial charge in [-0.05, 0) is 56.5 Å². The van der Waals surface area contributed by atoms with Gasteiger partial charge in [-0.1, -0.05) is 13.0 Å². The number of nitrogens with zero attached hydrogens (tertiary/aromatic N) is 6. The van der Waals surface area contributed by atoms with Crippen molar-refractivity contribution in [2.45, 2.75) is 69.4 Å². The Balaban J connectivity index is 1.37. The molecule has 0 spiro atoms. The van der Waals surface area contributed by atoms with E-state index in [9.17, 15) is 23.2 Å². The highest BCUT2D eigenvalue weighted by molar-refractivity contribution is 5.96. The van der Waals surface area contributed by atoms with Gasteiger partial charge in [0.2, 0.25) is 23.6 Å². The molecule has 1 aliphatic heterocycles. The summed E-state index contributed by atoms with van der Waals surface area (Å²) in [6, 6.07) is 5.03. The van der Waals surface area contributed by atoms with Crippen molar-refractivity contribution in [3.05, 3.63) is 47.7 Å². The number of halogens is 3. The maximum atomic E-state index is 15.7. The number of aromatic nitrogens is 5. The summed E-state index contributed by atoms with van der Waals surface area (Å²) in [5.74, 6) is -6.64. The van der Waals surface area contributed by atoms with E-state index in [1.54, 1.807) is 41.9 Å². The van der Waals surface area contributed by atoms with Gasteiger partial charge in [0.1, 0.15) is 35.9 Å². The summed E-state index contributed by atoms with van der Waals surface area (Å²) in [6.45, 7) is 5.12. The monoisotopic (exact) mass is 687 g/mol. The molecule has 2 aromatic heterocycles. The van der Waals surface area contributed by atoms with Gasteiger partial charge in [0.15, 0.2) is 5.82 Å². The van der Waals surface area contributed by atoms with Gasteiger partial charge in [0.05, 0.1) is 5.69 Å². The molecule has 266 valence electrons. The molecule has 4 atom stereocenters. The molecule has 5 rings (SSSR count). The quantitative estimate of drug-likeness (QED) is 0.278. The molecule has 2 fully saturated rings. The molecule has 3 heterocycles. The molecule has 0 unspecified atom stereocenters. The molecule has 49 heavy (non-hydrogen) atoms. The lowest BCUT2D eigenvalue weighted by Gasteiger charge is -2.40. The van der Waals surface area contributed by atoms with Crippen LogP contribution in [0.15, 0.2) is 30.5 Å². The number of anilines is 1. The molecule has 1 saturated heterocycles. The Bertz CT molecular complexity index is 1640. The van der Waals surface area contributed by atoms with E-state index in [-0.39, 0.29) is 61.6 Å². The number of carbonyl (C=O) groups excluding carboxylic acids is 3. The first-order valence-electron chi connectivity index (χ1n) is 16.4. The third-order valence-corrected chi connectivity index (χ3v) is 9.77. The highest BCUT2D eigenvalue weighted by atomic mass is 19.3. The fourth-order valence-corrected chi connectivity index (χ4v) is 6.59. The fourth-order valence-electron chi connectivity index (χ4n) is 6.59. The molecular weight excluding hydrogens is 643 g/mol. The average Bonchev–Trinajstić information content (AvgIpc) is 3.71. The number of aromatic amines is 1. The van der Waals surface area contributed by atoms with Crippen molar-refractivity contribution < 1.29 is 32.3 Å². The SMILES string of the molecule is COCC(=O)N[C@@H](C(=O)N1CCN(C)[C@H](C)C1)[C@@H](C)c1ccc(NC(=O)[C@@H](c2nc(-c3ccnn3C)n[nH]2)C2CCC(F)(F)CC2)c(F)c1. The number of benzene rings is 1. The number of hydrogen-bond donors (Lipinski definition) is 3. The summed E-state index contributed by atoms with van der Waals surface area (Å²) < 4.78 is 50.4. The number of nitrogens with one attached hydrogen (secondary N) is 3. The Morgan fingerprint density at radius 3 is 2.51 bits per heavy atom.